The average Bonchev–Trinajstić information content (AvgIpc) is 3.29. The number of fused-ring (bicyclic) bond motifs is 1. The molecular weight excluding hydrogens is 454 g/mol. The normalized spacial score (nSPS) is 18.9. The molecule has 1 saturated heterocycles. The minimum absolute atomic E-state index is 0.209. The van der Waals surface area contributed by atoms with Gasteiger partial charge in [0.05, 0.1) is 34.3 Å². The predicted molar refractivity (Wildman–Crippen MR) is 117 cm³/mol. The quantitative estimate of drug-likeness (QED) is 0.525. The van der Waals surface area contributed by atoms with E-state index in [0.29, 0.717) is 19.8 Å². The Kier molecular flexibility index (Phi) is 5.85. The van der Waals surface area contributed by atoms with E-state index < -0.39 is 0 Å². The van der Waals surface area contributed by atoms with Gasteiger partial charge in [-0.05, 0) is 47.0 Å². The first kappa shape index (κ1) is 20.3. The highest BCUT2D eigenvalue weighted by Crippen LogP contribution is 2.38. The zero-order chi connectivity index (χ0) is 20.4. The maximum Gasteiger partial charge on any atom is 0.310 e. The monoisotopic (exact) mass is 475 g/mol. The number of rotatable bonds is 6. The number of ether oxygens (including phenoxy) is 2. The lowest BCUT2D eigenvalue weighted by atomic mass is 9.88. The largest absolute Gasteiger partial charge is 0.466 e. The molecule has 1 aliphatic rings. The Morgan fingerprint density at radius 1 is 1.34 bits per heavy atom. The Hall–Kier alpha value is -2.03. The first-order valence-corrected chi connectivity index (χ1v) is 11.1. The van der Waals surface area contributed by atoms with Crippen molar-refractivity contribution in [3.05, 3.63) is 51.1 Å². The molecule has 0 amide bonds. The second-order valence-electron chi connectivity index (χ2n) is 7.08. The van der Waals surface area contributed by atoms with Crippen LogP contribution in [-0.2, 0) is 26.2 Å². The first-order valence-electron chi connectivity index (χ1n) is 9.54. The van der Waals surface area contributed by atoms with Crippen molar-refractivity contribution in [3.63, 3.8) is 0 Å². The van der Waals surface area contributed by atoms with Crippen LogP contribution >= 0.6 is 27.3 Å². The Morgan fingerprint density at radius 3 is 2.83 bits per heavy atom. The molecule has 29 heavy (non-hydrogen) atoms. The first-order chi connectivity index (χ1) is 14.0. The van der Waals surface area contributed by atoms with Crippen LogP contribution in [0.3, 0.4) is 0 Å². The summed E-state index contributed by atoms with van der Waals surface area (Å²) >= 11 is 5.15. The molecule has 0 bridgehead atoms. The number of nitrogens with zero attached hydrogens (tertiary/aromatic N) is 2. The summed E-state index contributed by atoms with van der Waals surface area (Å²) in [6, 6.07) is 10.1. The van der Waals surface area contributed by atoms with E-state index in [-0.39, 0.29) is 17.9 Å². The van der Waals surface area contributed by atoms with Crippen molar-refractivity contribution in [2.24, 2.45) is 0 Å². The molecule has 2 aromatic heterocycles. The van der Waals surface area contributed by atoms with E-state index in [1.54, 1.807) is 11.3 Å². The van der Waals surface area contributed by atoms with Gasteiger partial charge in [0.15, 0.2) is 0 Å². The molecule has 0 spiro atoms. The fourth-order valence-electron chi connectivity index (χ4n) is 3.60. The number of hydrogen-bond donors (Lipinski definition) is 1. The van der Waals surface area contributed by atoms with Crippen molar-refractivity contribution < 1.29 is 14.3 Å². The van der Waals surface area contributed by atoms with Gasteiger partial charge in [0.1, 0.15) is 16.5 Å². The highest BCUT2D eigenvalue weighted by atomic mass is 79.9. The molecular formula is C21H22BrN3O3S. The molecule has 0 radical (unpaired) electrons. The van der Waals surface area contributed by atoms with E-state index in [2.05, 4.69) is 43.3 Å². The summed E-state index contributed by atoms with van der Waals surface area (Å²) in [6.45, 7) is 5.35. The van der Waals surface area contributed by atoms with Crippen molar-refractivity contribution in [2.45, 2.75) is 32.2 Å². The molecule has 1 unspecified atom stereocenters. The molecule has 3 aromatic rings. The average molecular weight is 476 g/mol. The Bertz CT molecular complexity index is 1030. The number of thiophene rings is 1. The summed E-state index contributed by atoms with van der Waals surface area (Å²) in [4.78, 5) is 21.9. The Morgan fingerprint density at radius 2 is 2.14 bits per heavy atom. The minimum Gasteiger partial charge on any atom is -0.466 e. The number of hydrogen-bond acceptors (Lipinski definition) is 7. The van der Waals surface area contributed by atoms with Gasteiger partial charge >= 0.3 is 5.97 Å². The SMILES string of the molecule is CCOC(=O)Cc1ccc(C2(Nc3nc(C)nc4sc(Br)cc34)CCOC2)cc1. The molecule has 1 fully saturated rings. The standard InChI is InChI=1S/C21H22BrN3O3S/c1-3-28-18(26)10-14-4-6-15(7-5-14)21(8-9-27-12-21)25-19-16-11-17(22)29-20(16)24-13(2)23-19/h4-7,11H,3,8-10,12H2,1-2H3,(H,23,24,25). The lowest BCUT2D eigenvalue weighted by molar-refractivity contribution is -0.142. The topological polar surface area (TPSA) is 73.3 Å². The lowest BCUT2D eigenvalue weighted by Crippen LogP contribution is -2.36. The maximum absolute atomic E-state index is 11.7. The molecule has 1 N–H and O–H groups in total. The van der Waals surface area contributed by atoms with E-state index >= 15 is 0 Å². The minimum atomic E-state index is -0.370. The molecule has 3 heterocycles. The number of esters is 1. The molecule has 1 aliphatic heterocycles. The third-order valence-corrected chi connectivity index (χ3v) is 6.55. The summed E-state index contributed by atoms with van der Waals surface area (Å²) in [5, 5.41) is 4.66. The maximum atomic E-state index is 11.7. The van der Waals surface area contributed by atoms with Crippen LogP contribution in [0.1, 0.15) is 30.3 Å². The zero-order valence-electron chi connectivity index (χ0n) is 16.3. The van der Waals surface area contributed by atoms with Gasteiger partial charge in [0.25, 0.3) is 0 Å². The fourth-order valence-corrected chi connectivity index (χ4v) is 5.10. The van der Waals surface area contributed by atoms with Gasteiger partial charge in [0.2, 0.25) is 0 Å². The van der Waals surface area contributed by atoms with Crippen molar-refractivity contribution in [2.75, 3.05) is 25.1 Å². The molecule has 152 valence electrons. The van der Waals surface area contributed by atoms with Crippen molar-refractivity contribution in [3.8, 4) is 0 Å². The summed E-state index contributed by atoms with van der Waals surface area (Å²) < 4.78 is 11.8. The van der Waals surface area contributed by atoms with Gasteiger partial charge in [-0.15, -0.1) is 11.3 Å². The van der Waals surface area contributed by atoms with Crippen LogP contribution in [0.5, 0.6) is 0 Å². The molecule has 0 saturated carbocycles. The summed E-state index contributed by atoms with van der Waals surface area (Å²) in [6.07, 6.45) is 1.11. The third-order valence-electron chi connectivity index (χ3n) is 5.01. The molecule has 8 heteroatoms. The highest BCUT2D eigenvalue weighted by molar-refractivity contribution is 9.11. The van der Waals surface area contributed by atoms with Crippen LogP contribution in [-0.4, -0.2) is 35.8 Å². The molecule has 0 aliphatic carbocycles. The second kappa shape index (κ2) is 8.38. The van der Waals surface area contributed by atoms with E-state index in [4.69, 9.17) is 9.47 Å². The van der Waals surface area contributed by atoms with Gasteiger partial charge in [-0.1, -0.05) is 24.3 Å². The van der Waals surface area contributed by atoms with Gasteiger partial charge in [0, 0.05) is 13.0 Å². The molecule has 1 atom stereocenters. The number of aromatic nitrogens is 2. The Balaban J connectivity index is 1.64. The smallest absolute Gasteiger partial charge is 0.310 e. The number of carbonyl (C=O) groups is 1. The number of carbonyl (C=O) groups excluding carboxylic acids is 1. The number of anilines is 1. The van der Waals surface area contributed by atoms with Crippen LogP contribution in [0.25, 0.3) is 10.2 Å². The molecule has 1 aromatic carbocycles. The van der Waals surface area contributed by atoms with Crippen molar-refractivity contribution in [1.29, 1.82) is 0 Å². The third kappa shape index (κ3) is 4.29. The summed E-state index contributed by atoms with van der Waals surface area (Å²) in [5.41, 5.74) is 1.68. The van der Waals surface area contributed by atoms with Crippen molar-refractivity contribution >= 4 is 49.3 Å². The van der Waals surface area contributed by atoms with Gasteiger partial charge in [-0.3, -0.25) is 4.79 Å². The van der Waals surface area contributed by atoms with E-state index in [9.17, 15) is 4.79 Å². The van der Waals surface area contributed by atoms with Crippen LogP contribution in [0.15, 0.2) is 34.1 Å². The van der Waals surface area contributed by atoms with Crippen LogP contribution < -0.4 is 5.32 Å². The second-order valence-corrected chi connectivity index (χ2v) is 9.49. The van der Waals surface area contributed by atoms with E-state index in [1.807, 2.05) is 32.0 Å². The van der Waals surface area contributed by atoms with Crippen LogP contribution in [0.2, 0.25) is 0 Å². The summed E-state index contributed by atoms with van der Waals surface area (Å²) in [7, 11) is 0. The fraction of sp³-hybridized carbons (Fsp3) is 0.381. The number of benzene rings is 1. The molecule has 6 nitrogen and oxygen atoms in total. The predicted octanol–water partition coefficient (Wildman–Crippen LogP) is 4.60. The van der Waals surface area contributed by atoms with Crippen LogP contribution in [0.4, 0.5) is 5.82 Å². The van der Waals surface area contributed by atoms with Crippen LogP contribution in [0, 0.1) is 6.92 Å². The lowest BCUT2D eigenvalue weighted by Gasteiger charge is -2.30. The zero-order valence-corrected chi connectivity index (χ0v) is 18.7. The van der Waals surface area contributed by atoms with Gasteiger partial charge < -0.3 is 14.8 Å². The highest BCUT2D eigenvalue weighted by Gasteiger charge is 2.37. The van der Waals surface area contributed by atoms with Gasteiger partial charge in [-0.25, -0.2) is 9.97 Å². The van der Waals surface area contributed by atoms with Crippen molar-refractivity contribution in [1.82, 2.24) is 9.97 Å². The van der Waals surface area contributed by atoms with E-state index in [0.717, 1.165) is 43.2 Å². The molecule has 4 rings (SSSR count). The number of aryl methyl sites for hydroxylation is 1. The number of nitrogens with one attached hydrogen (secondary N) is 1. The van der Waals surface area contributed by atoms with E-state index in [1.165, 1.54) is 0 Å². The Labute approximate surface area is 181 Å². The number of halogens is 1. The summed E-state index contributed by atoms with van der Waals surface area (Å²) in [5.74, 6) is 1.34. The van der Waals surface area contributed by atoms with Gasteiger partial charge in [-0.2, -0.15) is 0 Å².